The van der Waals surface area contributed by atoms with Crippen molar-refractivity contribution < 1.29 is 51.3 Å². The minimum atomic E-state index is -5.08. The van der Waals surface area contributed by atoms with Crippen LogP contribution in [0, 0.1) is 25.5 Å². The minimum absolute atomic E-state index is 0.00541. The number of halogens is 5. The normalized spacial score (nSPS) is 11.4. The molecule has 0 bridgehead atoms. The highest BCUT2D eigenvalue weighted by atomic mass is 19.4. The SMILES string of the molecule is Cc1cc(OCc2c(F)cccc2F)c2nc(C)c(C(=O)NC(C)(C)CNC(=O)O)n2c1.O=C(O)C(F)(F)F. The number of aliphatic carboxylic acids is 1. The number of carbonyl (C=O) groups is 3. The summed E-state index contributed by atoms with van der Waals surface area (Å²) in [6.07, 6.45) is -4.58. The molecule has 0 saturated carbocycles. The van der Waals surface area contributed by atoms with E-state index in [2.05, 4.69) is 15.6 Å². The Morgan fingerprint density at radius 1 is 1.08 bits per heavy atom. The van der Waals surface area contributed by atoms with E-state index < -0.39 is 41.3 Å². The highest BCUT2D eigenvalue weighted by molar-refractivity contribution is 5.95. The van der Waals surface area contributed by atoms with Gasteiger partial charge >= 0.3 is 18.2 Å². The van der Waals surface area contributed by atoms with Gasteiger partial charge in [-0.05, 0) is 51.5 Å². The van der Waals surface area contributed by atoms with E-state index in [1.165, 1.54) is 6.07 Å². The maximum atomic E-state index is 14.0. The smallest absolute Gasteiger partial charge is 0.485 e. The van der Waals surface area contributed by atoms with Gasteiger partial charge in [0.1, 0.15) is 23.9 Å². The Morgan fingerprint density at radius 2 is 1.64 bits per heavy atom. The molecule has 3 aromatic rings. The molecule has 39 heavy (non-hydrogen) atoms. The third-order valence-corrected chi connectivity index (χ3v) is 5.02. The largest absolute Gasteiger partial charge is 0.490 e. The second-order valence-corrected chi connectivity index (χ2v) is 8.91. The summed E-state index contributed by atoms with van der Waals surface area (Å²) >= 11 is 0. The first-order chi connectivity index (χ1) is 17.9. The average molecular weight is 560 g/mol. The Balaban J connectivity index is 0.000000673. The van der Waals surface area contributed by atoms with Crippen molar-refractivity contribution in [2.24, 2.45) is 0 Å². The Hall–Kier alpha value is -4.43. The van der Waals surface area contributed by atoms with Crippen LogP contribution in [0.25, 0.3) is 5.65 Å². The molecule has 10 nitrogen and oxygen atoms in total. The van der Waals surface area contributed by atoms with E-state index in [0.29, 0.717) is 11.3 Å². The number of hydrogen-bond acceptors (Lipinski definition) is 5. The van der Waals surface area contributed by atoms with Crippen molar-refractivity contribution >= 4 is 23.6 Å². The van der Waals surface area contributed by atoms with Gasteiger partial charge in [0.15, 0.2) is 11.4 Å². The summed E-state index contributed by atoms with van der Waals surface area (Å²) in [5.74, 6) is -4.38. The van der Waals surface area contributed by atoms with Crippen molar-refractivity contribution in [1.29, 1.82) is 0 Å². The molecule has 0 atom stereocenters. The van der Waals surface area contributed by atoms with Crippen molar-refractivity contribution in [1.82, 2.24) is 20.0 Å². The first kappa shape index (κ1) is 30.8. The molecular formula is C24H25F5N4O6. The number of alkyl halides is 3. The number of ether oxygens (including phenoxy) is 1. The molecule has 4 N–H and O–H groups in total. The van der Waals surface area contributed by atoms with E-state index >= 15 is 0 Å². The summed E-state index contributed by atoms with van der Waals surface area (Å²) < 4.78 is 66.9. The van der Waals surface area contributed by atoms with Crippen LogP contribution in [0.1, 0.15) is 41.2 Å². The lowest BCUT2D eigenvalue weighted by Gasteiger charge is -2.26. The van der Waals surface area contributed by atoms with Gasteiger partial charge in [0.25, 0.3) is 5.91 Å². The zero-order chi connectivity index (χ0) is 29.7. The van der Waals surface area contributed by atoms with Gasteiger partial charge in [-0.15, -0.1) is 0 Å². The average Bonchev–Trinajstić information content (AvgIpc) is 3.12. The van der Waals surface area contributed by atoms with Crippen molar-refractivity contribution in [2.75, 3.05) is 6.54 Å². The van der Waals surface area contributed by atoms with Gasteiger partial charge in [-0.25, -0.2) is 23.4 Å². The second kappa shape index (κ2) is 12.0. The molecule has 3 rings (SSSR count). The van der Waals surface area contributed by atoms with Gasteiger partial charge in [-0.2, -0.15) is 13.2 Å². The number of amides is 2. The van der Waals surface area contributed by atoms with Gasteiger partial charge in [0.2, 0.25) is 0 Å². The Labute approximate surface area is 218 Å². The number of fused-ring (bicyclic) bond motifs is 1. The molecule has 0 saturated heterocycles. The number of nitrogens with one attached hydrogen (secondary N) is 2. The molecule has 2 aromatic heterocycles. The molecule has 15 heteroatoms. The molecule has 0 spiro atoms. The molecule has 0 aliphatic heterocycles. The fourth-order valence-electron chi connectivity index (χ4n) is 3.27. The Bertz CT molecular complexity index is 1370. The summed E-state index contributed by atoms with van der Waals surface area (Å²) in [4.78, 5) is 37.1. The monoisotopic (exact) mass is 560 g/mol. The lowest BCUT2D eigenvalue weighted by molar-refractivity contribution is -0.192. The number of nitrogens with zero attached hydrogens (tertiary/aromatic N) is 2. The number of pyridine rings is 1. The fourth-order valence-corrected chi connectivity index (χ4v) is 3.27. The quantitative estimate of drug-likeness (QED) is 0.317. The standard InChI is InChI=1S/C22H24F2N4O4.C2HF3O2/c1-12-8-17(32-10-14-15(23)6-5-7-16(14)24)19-26-13(2)18(28(19)9-12)20(29)27-22(3,4)11-25-21(30)31;3-2(4,5)1(6)7/h5-9,25H,10-11H2,1-4H3,(H,27,29)(H,30,31);(H,6,7). The summed E-state index contributed by atoms with van der Waals surface area (Å²) in [5.41, 5.74) is 0.640. The number of hydrogen-bond donors (Lipinski definition) is 4. The van der Waals surface area contributed by atoms with E-state index in [1.54, 1.807) is 44.4 Å². The molecule has 0 fully saturated rings. The molecule has 212 valence electrons. The predicted octanol–water partition coefficient (Wildman–Crippen LogP) is 4.22. The van der Waals surface area contributed by atoms with Crippen LogP contribution < -0.4 is 15.4 Å². The molecule has 2 amide bonds. The predicted molar refractivity (Wildman–Crippen MR) is 127 cm³/mol. The molecule has 0 unspecified atom stereocenters. The number of benzene rings is 1. The van der Waals surface area contributed by atoms with Crippen LogP contribution in [0.4, 0.5) is 26.7 Å². The number of imidazole rings is 1. The molecule has 0 aliphatic carbocycles. The van der Waals surface area contributed by atoms with Gasteiger partial charge in [0, 0.05) is 12.7 Å². The van der Waals surface area contributed by atoms with Crippen LogP contribution in [0.3, 0.4) is 0 Å². The third kappa shape index (κ3) is 8.28. The van der Waals surface area contributed by atoms with Crippen LogP contribution in [0.15, 0.2) is 30.5 Å². The maximum absolute atomic E-state index is 14.0. The maximum Gasteiger partial charge on any atom is 0.490 e. The van der Waals surface area contributed by atoms with E-state index in [9.17, 15) is 31.5 Å². The van der Waals surface area contributed by atoms with E-state index in [4.69, 9.17) is 19.7 Å². The third-order valence-electron chi connectivity index (χ3n) is 5.02. The van der Waals surface area contributed by atoms with Crippen LogP contribution in [0.5, 0.6) is 5.75 Å². The molecule has 2 heterocycles. The summed E-state index contributed by atoms with van der Waals surface area (Å²) in [5, 5.41) is 21.0. The lowest BCUT2D eigenvalue weighted by atomic mass is 10.1. The number of carbonyl (C=O) groups excluding carboxylic acids is 1. The number of carboxylic acid groups (broad SMARTS) is 2. The van der Waals surface area contributed by atoms with Crippen LogP contribution >= 0.6 is 0 Å². The van der Waals surface area contributed by atoms with E-state index in [1.807, 2.05) is 0 Å². The number of rotatable bonds is 7. The first-order valence-electron chi connectivity index (χ1n) is 11.1. The topological polar surface area (TPSA) is 142 Å². The fraction of sp³-hybridized carbons (Fsp3) is 0.333. The molecule has 1 aromatic carbocycles. The highest BCUT2D eigenvalue weighted by Gasteiger charge is 2.38. The van der Waals surface area contributed by atoms with Crippen molar-refractivity contribution in [2.45, 2.75) is 46.0 Å². The van der Waals surface area contributed by atoms with Gasteiger partial charge < -0.3 is 25.6 Å². The Kier molecular flexibility index (Phi) is 9.44. The van der Waals surface area contributed by atoms with Crippen LogP contribution in [-0.4, -0.2) is 55.8 Å². The zero-order valence-electron chi connectivity index (χ0n) is 21.1. The molecule has 0 aliphatic rings. The Morgan fingerprint density at radius 3 is 2.15 bits per heavy atom. The summed E-state index contributed by atoms with van der Waals surface area (Å²) in [6, 6.07) is 5.24. The van der Waals surface area contributed by atoms with Crippen LogP contribution in [0.2, 0.25) is 0 Å². The number of aromatic nitrogens is 2. The zero-order valence-corrected chi connectivity index (χ0v) is 21.1. The minimum Gasteiger partial charge on any atom is -0.485 e. The van der Waals surface area contributed by atoms with Crippen molar-refractivity contribution in [3.63, 3.8) is 0 Å². The summed E-state index contributed by atoms with van der Waals surface area (Å²) in [7, 11) is 0. The molecule has 0 radical (unpaired) electrons. The van der Waals surface area contributed by atoms with Gasteiger partial charge in [0.05, 0.1) is 16.8 Å². The van der Waals surface area contributed by atoms with Crippen LogP contribution in [-0.2, 0) is 11.4 Å². The number of aryl methyl sites for hydroxylation is 2. The summed E-state index contributed by atoms with van der Waals surface area (Å²) in [6.45, 7) is 6.46. The van der Waals surface area contributed by atoms with Gasteiger partial charge in [-0.3, -0.25) is 9.20 Å². The number of carboxylic acids is 1. The van der Waals surface area contributed by atoms with E-state index in [0.717, 1.165) is 17.7 Å². The molecular weight excluding hydrogens is 535 g/mol. The highest BCUT2D eigenvalue weighted by Crippen LogP contribution is 2.26. The lowest BCUT2D eigenvalue weighted by Crippen LogP contribution is -2.51. The van der Waals surface area contributed by atoms with E-state index in [-0.39, 0.29) is 30.2 Å². The van der Waals surface area contributed by atoms with Crippen molar-refractivity contribution in [3.05, 3.63) is 64.6 Å². The first-order valence-corrected chi connectivity index (χ1v) is 11.1. The van der Waals surface area contributed by atoms with Crippen molar-refractivity contribution in [3.8, 4) is 5.75 Å². The van der Waals surface area contributed by atoms with Gasteiger partial charge in [-0.1, -0.05) is 6.07 Å². The second-order valence-electron chi connectivity index (χ2n) is 8.91.